The summed E-state index contributed by atoms with van der Waals surface area (Å²) in [5.74, 6) is 0.164. The molecule has 7 heteroatoms. The summed E-state index contributed by atoms with van der Waals surface area (Å²) in [5, 5.41) is 2.78. The van der Waals surface area contributed by atoms with Crippen LogP contribution in [-0.4, -0.2) is 38.5 Å². The van der Waals surface area contributed by atoms with Crippen LogP contribution in [0.2, 0.25) is 0 Å². The minimum absolute atomic E-state index is 0.0299. The molecule has 1 saturated heterocycles. The van der Waals surface area contributed by atoms with Gasteiger partial charge in [-0.2, -0.15) is 0 Å². The van der Waals surface area contributed by atoms with Crippen molar-refractivity contribution in [3.8, 4) is 5.75 Å². The second kappa shape index (κ2) is 4.97. The lowest BCUT2D eigenvalue weighted by molar-refractivity contribution is 0.0915. The first-order valence-electron chi connectivity index (χ1n) is 6.21. The third-order valence-electron chi connectivity index (χ3n) is 3.41. The molecule has 6 nitrogen and oxygen atoms in total. The average Bonchev–Trinajstić information content (AvgIpc) is 2.63. The fourth-order valence-corrected chi connectivity index (χ4v) is 4.40. The molecule has 1 unspecified atom stereocenters. The van der Waals surface area contributed by atoms with Crippen molar-refractivity contribution in [3.63, 3.8) is 0 Å². The Labute approximate surface area is 118 Å². The normalized spacial score (nSPS) is 24.3. The van der Waals surface area contributed by atoms with Gasteiger partial charge < -0.3 is 15.8 Å². The van der Waals surface area contributed by atoms with Crippen LogP contribution in [0.15, 0.2) is 18.2 Å². The zero-order valence-electron chi connectivity index (χ0n) is 11.5. The molecule has 1 aromatic rings. The Kier molecular flexibility index (Phi) is 3.64. The number of hydrogen-bond donors (Lipinski definition) is 2. The van der Waals surface area contributed by atoms with Gasteiger partial charge in [0.25, 0.3) is 5.91 Å². The maximum absolute atomic E-state index is 12.2. The summed E-state index contributed by atoms with van der Waals surface area (Å²) in [6.45, 7) is 1.74. The Morgan fingerprint density at radius 2 is 2.15 bits per heavy atom. The van der Waals surface area contributed by atoms with Gasteiger partial charge in [0.05, 0.1) is 29.8 Å². The second-order valence-electron chi connectivity index (χ2n) is 5.31. The van der Waals surface area contributed by atoms with E-state index in [1.807, 2.05) is 0 Å². The number of nitrogens with two attached hydrogens (primary N) is 1. The number of nitrogen functional groups attached to an aromatic ring is 1. The van der Waals surface area contributed by atoms with Gasteiger partial charge in [0.1, 0.15) is 5.75 Å². The number of ether oxygens (including phenoxy) is 1. The molecular formula is C13H18N2O4S. The van der Waals surface area contributed by atoms with Gasteiger partial charge in [-0.3, -0.25) is 4.79 Å². The van der Waals surface area contributed by atoms with E-state index in [0.29, 0.717) is 23.4 Å². The molecule has 1 amide bonds. The van der Waals surface area contributed by atoms with Crippen molar-refractivity contribution in [1.29, 1.82) is 0 Å². The minimum Gasteiger partial charge on any atom is -0.495 e. The highest BCUT2D eigenvalue weighted by molar-refractivity contribution is 7.91. The van der Waals surface area contributed by atoms with E-state index in [9.17, 15) is 13.2 Å². The molecule has 1 fully saturated rings. The van der Waals surface area contributed by atoms with E-state index in [2.05, 4.69) is 5.32 Å². The van der Waals surface area contributed by atoms with Gasteiger partial charge in [-0.15, -0.1) is 0 Å². The molecule has 1 atom stereocenters. The van der Waals surface area contributed by atoms with Gasteiger partial charge in [-0.05, 0) is 31.5 Å². The van der Waals surface area contributed by atoms with Gasteiger partial charge in [-0.25, -0.2) is 8.42 Å². The zero-order chi connectivity index (χ0) is 15.0. The molecule has 0 aromatic heterocycles. The number of sulfone groups is 1. The van der Waals surface area contributed by atoms with Crippen molar-refractivity contribution >= 4 is 21.4 Å². The number of nitrogens with one attached hydrogen (secondary N) is 1. The van der Waals surface area contributed by atoms with Crippen LogP contribution in [0.1, 0.15) is 23.7 Å². The fourth-order valence-electron chi connectivity index (χ4n) is 2.31. The summed E-state index contributed by atoms with van der Waals surface area (Å²) < 4.78 is 28.1. The molecule has 0 spiro atoms. The average molecular weight is 298 g/mol. The SMILES string of the molecule is COc1cc(C(=O)NC2(C)CCS(=O)(=O)C2)ccc1N. The first-order chi connectivity index (χ1) is 9.25. The molecule has 1 heterocycles. The van der Waals surface area contributed by atoms with Gasteiger partial charge in [0.2, 0.25) is 0 Å². The van der Waals surface area contributed by atoms with E-state index in [0.717, 1.165) is 0 Å². The molecule has 0 aliphatic carbocycles. The van der Waals surface area contributed by atoms with E-state index in [1.165, 1.54) is 13.2 Å². The van der Waals surface area contributed by atoms with Crippen LogP contribution in [0.25, 0.3) is 0 Å². The Morgan fingerprint density at radius 3 is 2.70 bits per heavy atom. The smallest absolute Gasteiger partial charge is 0.251 e. The van der Waals surface area contributed by atoms with E-state index in [4.69, 9.17) is 10.5 Å². The molecule has 20 heavy (non-hydrogen) atoms. The first kappa shape index (κ1) is 14.6. The highest BCUT2D eigenvalue weighted by atomic mass is 32.2. The van der Waals surface area contributed by atoms with Crippen molar-refractivity contribution in [2.75, 3.05) is 24.3 Å². The number of anilines is 1. The highest BCUT2D eigenvalue weighted by Crippen LogP contribution is 2.25. The summed E-state index contributed by atoms with van der Waals surface area (Å²) in [5.41, 5.74) is 5.81. The summed E-state index contributed by atoms with van der Waals surface area (Å²) in [6, 6.07) is 4.71. The van der Waals surface area contributed by atoms with E-state index in [1.54, 1.807) is 19.1 Å². The van der Waals surface area contributed by atoms with Gasteiger partial charge >= 0.3 is 0 Å². The largest absolute Gasteiger partial charge is 0.495 e. The quantitative estimate of drug-likeness (QED) is 0.796. The van der Waals surface area contributed by atoms with Crippen molar-refractivity contribution < 1.29 is 17.9 Å². The molecule has 0 saturated carbocycles. The first-order valence-corrected chi connectivity index (χ1v) is 8.03. The van der Waals surface area contributed by atoms with Crippen LogP contribution in [-0.2, 0) is 9.84 Å². The topological polar surface area (TPSA) is 98.5 Å². The van der Waals surface area contributed by atoms with E-state index < -0.39 is 15.4 Å². The number of hydrogen-bond acceptors (Lipinski definition) is 5. The number of amides is 1. The highest BCUT2D eigenvalue weighted by Gasteiger charge is 2.39. The van der Waals surface area contributed by atoms with Gasteiger partial charge in [-0.1, -0.05) is 0 Å². The molecule has 3 N–H and O–H groups in total. The monoisotopic (exact) mass is 298 g/mol. The fraction of sp³-hybridized carbons (Fsp3) is 0.462. The zero-order valence-corrected chi connectivity index (χ0v) is 12.3. The molecule has 0 bridgehead atoms. The predicted molar refractivity (Wildman–Crippen MR) is 76.5 cm³/mol. The molecule has 0 radical (unpaired) electrons. The van der Waals surface area contributed by atoms with Crippen LogP contribution in [0, 0.1) is 0 Å². The lowest BCUT2D eigenvalue weighted by Gasteiger charge is -2.24. The van der Waals surface area contributed by atoms with Crippen LogP contribution in [0.3, 0.4) is 0 Å². The Balaban J connectivity index is 2.17. The van der Waals surface area contributed by atoms with Crippen LogP contribution >= 0.6 is 0 Å². The number of carbonyl (C=O) groups is 1. The van der Waals surface area contributed by atoms with Crippen LogP contribution < -0.4 is 15.8 Å². The molecule has 1 aliphatic rings. The predicted octanol–water partition coefficient (Wildman–Crippen LogP) is 0.584. The Hall–Kier alpha value is -1.76. The van der Waals surface area contributed by atoms with Crippen LogP contribution in [0.4, 0.5) is 5.69 Å². The lowest BCUT2D eigenvalue weighted by Crippen LogP contribution is -2.46. The summed E-state index contributed by atoms with van der Waals surface area (Å²) in [7, 11) is -1.59. The minimum atomic E-state index is -3.06. The molecule has 110 valence electrons. The number of rotatable bonds is 3. The number of methoxy groups -OCH3 is 1. The third-order valence-corrected chi connectivity index (χ3v) is 5.32. The Morgan fingerprint density at radius 1 is 1.45 bits per heavy atom. The summed E-state index contributed by atoms with van der Waals surface area (Å²) in [4.78, 5) is 12.2. The lowest BCUT2D eigenvalue weighted by atomic mass is 10.0. The Bertz CT molecular complexity index is 642. The maximum Gasteiger partial charge on any atom is 0.251 e. The van der Waals surface area contributed by atoms with E-state index in [-0.39, 0.29) is 17.4 Å². The van der Waals surface area contributed by atoms with Gasteiger partial charge in [0.15, 0.2) is 9.84 Å². The molecular weight excluding hydrogens is 280 g/mol. The number of carbonyl (C=O) groups excluding carboxylic acids is 1. The van der Waals surface area contributed by atoms with Gasteiger partial charge in [0, 0.05) is 5.56 Å². The summed E-state index contributed by atoms with van der Waals surface area (Å²) in [6.07, 6.45) is 0.424. The number of benzene rings is 1. The van der Waals surface area contributed by atoms with E-state index >= 15 is 0 Å². The van der Waals surface area contributed by atoms with Crippen molar-refractivity contribution in [3.05, 3.63) is 23.8 Å². The van der Waals surface area contributed by atoms with Crippen molar-refractivity contribution in [2.24, 2.45) is 0 Å². The van der Waals surface area contributed by atoms with Crippen LogP contribution in [0.5, 0.6) is 5.75 Å². The third kappa shape index (κ3) is 3.04. The van der Waals surface area contributed by atoms with Crippen molar-refractivity contribution in [1.82, 2.24) is 5.32 Å². The second-order valence-corrected chi connectivity index (χ2v) is 7.50. The van der Waals surface area contributed by atoms with Crippen molar-refractivity contribution in [2.45, 2.75) is 18.9 Å². The maximum atomic E-state index is 12.2. The molecule has 1 aliphatic heterocycles. The summed E-state index contributed by atoms with van der Waals surface area (Å²) >= 11 is 0. The molecule has 2 rings (SSSR count). The molecule has 1 aromatic carbocycles. The standard InChI is InChI=1S/C13H18N2O4S/c1-13(5-6-20(17,18)8-13)15-12(16)9-3-4-10(14)11(7-9)19-2/h3-4,7H,5-6,8,14H2,1-2H3,(H,15,16).